The maximum Gasteiger partial charge on any atom is 0.257 e. The Hall–Kier alpha value is -1.12. The van der Waals surface area contributed by atoms with Gasteiger partial charge in [-0.1, -0.05) is 64.7 Å². The number of amides is 2. The van der Waals surface area contributed by atoms with Crippen molar-refractivity contribution in [1.82, 2.24) is 4.90 Å². The first kappa shape index (κ1) is 20.2. The molecule has 0 aromatic carbocycles. The molecule has 1 saturated carbocycles. The standard InChI is InChI=1S/C22H37NO2/c1-5-22(4,23-20(24)17(2)18(3)21(23)25)19-15-13-11-9-7-6-8-10-12-14-16-19/h19H,5-16H2,1-4H3. The van der Waals surface area contributed by atoms with Crippen molar-refractivity contribution in [3.63, 3.8) is 0 Å². The minimum Gasteiger partial charge on any atom is -0.269 e. The molecule has 0 bridgehead atoms. The molecule has 1 aliphatic carbocycles. The first-order valence-corrected chi connectivity index (χ1v) is 10.5. The quantitative estimate of drug-likeness (QED) is 0.607. The highest BCUT2D eigenvalue weighted by Gasteiger charge is 2.47. The second-order valence-corrected chi connectivity index (χ2v) is 8.36. The van der Waals surface area contributed by atoms with E-state index in [4.69, 9.17) is 0 Å². The minimum atomic E-state index is -0.350. The van der Waals surface area contributed by atoms with E-state index < -0.39 is 0 Å². The molecular formula is C22H37NO2. The Bertz CT molecular complexity index is 486. The van der Waals surface area contributed by atoms with Crippen LogP contribution in [-0.2, 0) is 9.59 Å². The van der Waals surface area contributed by atoms with E-state index in [-0.39, 0.29) is 17.4 Å². The van der Waals surface area contributed by atoms with Crippen LogP contribution in [0.15, 0.2) is 11.1 Å². The van der Waals surface area contributed by atoms with Crippen LogP contribution in [0.1, 0.15) is 105 Å². The summed E-state index contributed by atoms with van der Waals surface area (Å²) in [5.41, 5.74) is 0.924. The molecule has 1 unspecified atom stereocenters. The lowest BCUT2D eigenvalue weighted by atomic mass is 9.75. The Morgan fingerprint density at radius 1 is 0.800 bits per heavy atom. The Morgan fingerprint density at radius 2 is 1.16 bits per heavy atom. The predicted molar refractivity (Wildman–Crippen MR) is 103 cm³/mol. The summed E-state index contributed by atoms with van der Waals surface area (Å²) in [6, 6.07) is 0. The van der Waals surface area contributed by atoms with Gasteiger partial charge in [0.15, 0.2) is 0 Å². The Morgan fingerprint density at radius 3 is 1.52 bits per heavy atom. The van der Waals surface area contributed by atoms with Gasteiger partial charge in [0.05, 0.1) is 5.54 Å². The van der Waals surface area contributed by atoms with E-state index >= 15 is 0 Å². The van der Waals surface area contributed by atoms with Crippen molar-refractivity contribution >= 4 is 11.8 Å². The average molecular weight is 348 g/mol. The van der Waals surface area contributed by atoms with Gasteiger partial charge in [0.25, 0.3) is 11.8 Å². The molecule has 1 heterocycles. The number of carbonyl (C=O) groups excluding carboxylic acids is 2. The highest BCUT2D eigenvalue weighted by Crippen LogP contribution is 2.40. The van der Waals surface area contributed by atoms with Crippen molar-refractivity contribution in [3.8, 4) is 0 Å². The summed E-state index contributed by atoms with van der Waals surface area (Å²) < 4.78 is 0. The summed E-state index contributed by atoms with van der Waals surface area (Å²) in [7, 11) is 0. The second-order valence-electron chi connectivity index (χ2n) is 8.36. The monoisotopic (exact) mass is 347 g/mol. The third-order valence-corrected chi connectivity index (χ3v) is 6.82. The third kappa shape index (κ3) is 4.35. The summed E-state index contributed by atoms with van der Waals surface area (Å²) in [4.78, 5) is 27.2. The van der Waals surface area contributed by atoms with E-state index in [1.807, 2.05) is 0 Å². The number of carbonyl (C=O) groups is 2. The normalized spacial score (nSPS) is 24.9. The van der Waals surface area contributed by atoms with E-state index in [1.165, 1.54) is 57.8 Å². The maximum absolute atomic E-state index is 12.8. The summed E-state index contributed by atoms with van der Waals surface area (Å²) in [6.07, 6.45) is 14.9. The van der Waals surface area contributed by atoms with Crippen molar-refractivity contribution in [2.45, 2.75) is 110 Å². The molecule has 1 fully saturated rings. The van der Waals surface area contributed by atoms with Gasteiger partial charge < -0.3 is 0 Å². The zero-order valence-corrected chi connectivity index (χ0v) is 16.8. The highest BCUT2D eigenvalue weighted by atomic mass is 16.2. The molecule has 0 saturated heterocycles. The molecule has 0 spiro atoms. The molecule has 142 valence electrons. The Balaban J connectivity index is 2.19. The van der Waals surface area contributed by atoms with Crippen molar-refractivity contribution in [2.24, 2.45) is 5.92 Å². The first-order valence-electron chi connectivity index (χ1n) is 10.5. The van der Waals surface area contributed by atoms with Crippen LogP contribution in [0.2, 0.25) is 0 Å². The van der Waals surface area contributed by atoms with E-state index in [2.05, 4.69) is 13.8 Å². The molecule has 1 atom stereocenters. The number of nitrogens with zero attached hydrogens (tertiary/aromatic N) is 1. The summed E-state index contributed by atoms with van der Waals surface area (Å²) >= 11 is 0. The van der Waals surface area contributed by atoms with Crippen LogP contribution in [-0.4, -0.2) is 22.3 Å². The fourth-order valence-electron chi connectivity index (χ4n) is 4.63. The van der Waals surface area contributed by atoms with Crippen LogP contribution in [0.5, 0.6) is 0 Å². The molecule has 0 radical (unpaired) electrons. The highest BCUT2D eigenvalue weighted by molar-refractivity contribution is 6.19. The van der Waals surface area contributed by atoms with Gasteiger partial charge in [0, 0.05) is 11.1 Å². The van der Waals surface area contributed by atoms with Gasteiger partial charge >= 0.3 is 0 Å². The molecule has 0 aromatic rings. The van der Waals surface area contributed by atoms with Gasteiger partial charge in [-0.15, -0.1) is 0 Å². The van der Waals surface area contributed by atoms with E-state index in [0.29, 0.717) is 17.1 Å². The largest absolute Gasteiger partial charge is 0.269 e. The van der Waals surface area contributed by atoms with Crippen molar-refractivity contribution in [3.05, 3.63) is 11.1 Å². The topological polar surface area (TPSA) is 37.4 Å². The summed E-state index contributed by atoms with van der Waals surface area (Å²) in [5, 5.41) is 0. The number of rotatable bonds is 3. The Labute approximate surface area is 154 Å². The molecule has 2 aliphatic rings. The molecular weight excluding hydrogens is 310 g/mol. The second kappa shape index (κ2) is 9.00. The van der Waals surface area contributed by atoms with Gasteiger partial charge in [-0.05, 0) is 46.0 Å². The fraction of sp³-hybridized carbons (Fsp3) is 0.818. The summed E-state index contributed by atoms with van der Waals surface area (Å²) in [5.74, 6) is 0.305. The zero-order valence-electron chi connectivity index (χ0n) is 16.8. The number of hydrogen-bond acceptors (Lipinski definition) is 2. The van der Waals surface area contributed by atoms with Crippen LogP contribution in [0.25, 0.3) is 0 Å². The fourth-order valence-corrected chi connectivity index (χ4v) is 4.63. The van der Waals surface area contributed by atoms with Gasteiger partial charge in [-0.2, -0.15) is 0 Å². The molecule has 1 aliphatic heterocycles. The lowest BCUT2D eigenvalue weighted by molar-refractivity contribution is -0.147. The first-order chi connectivity index (χ1) is 11.9. The SMILES string of the molecule is CCC(C)(C1CCCCCCCCCCC1)N1C(=O)C(C)=C(C)C1=O. The van der Waals surface area contributed by atoms with Crippen LogP contribution >= 0.6 is 0 Å². The van der Waals surface area contributed by atoms with Gasteiger partial charge in [0.1, 0.15) is 0 Å². The van der Waals surface area contributed by atoms with Crippen molar-refractivity contribution in [1.29, 1.82) is 0 Å². The predicted octanol–water partition coefficient (Wildman–Crippen LogP) is 5.78. The molecule has 25 heavy (non-hydrogen) atoms. The van der Waals surface area contributed by atoms with Crippen LogP contribution in [0.4, 0.5) is 0 Å². The lowest BCUT2D eigenvalue weighted by Gasteiger charge is -2.44. The molecule has 2 rings (SSSR count). The molecule has 0 N–H and O–H groups in total. The van der Waals surface area contributed by atoms with Gasteiger partial charge in [0.2, 0.25) is 0 Å². The van der Waals surface area contributed by atoms with Crippen LogP contribution in [0, 0.1) is 5.92 Å². The van der Waals surface area contributed by atoms with Crippen LogP contribution < -0.4 is 0 Å². The number of hydrogen-bond donors (Lipinski definition) is 0. The van der Waals surface area contributed by atoms with Crippen molar-refractivity contribution in [2.75, 3.05) is 0 Å². The van der Waals surface area contributed by atoms with Gasteiger partial charge in [-0.25, -0.2) is 0 Å². The van der Waals surface area contributed by atoms with E-state index in [0.717, 1.165) is 19.3 Å². The summed E-state index contributed by atoms with van der Waals surface area (Å²) in [6.45, 7) is 7.89. The lowest BCUT2D eigenvalue weighted by Crippen LogP contribution is -2.54. The number of imide groups is 1. The molecule has 3 nitrogen and oxygen atoms in total. The third-order valence-electron chi connectivity index (χ3n) is 6.82. The van der Waals surface area contributed by atoms with Crippen LogP contribution in [0.3, 0.4) is 0 Å². The van der Waals surface area contributed by atoms with E-state index in [1.54, 1.807) is 18.7 Å². The molecule has 3 heteroatoms. The van der Waals surface area contributed by atoms with E-state index in [9.17, 15) is 9.59 Å². The van der Waals surface area contributed by atoms with Gasteiger partial charge in [-0.3, -0.25) is 14.5 Å². The van der Waals surface area contributed by atoms with Crippen molar-refractivity contribution < 1.29 is 9.59 Å². The maximum atomic E-state index is 12.8. The smallest absolute Gasteiger partial charge is 0.257 e. The zero-order chi connectivity index (χ0) is 18.4. The minimum absolute atomic E-state index is 0.0574. The Kier molecular flexibility index (Phi) is 7.27. The molecule has 0 aromatic heterocycles. The molecule has 2 amide bonds. The average Bonchev–Trinajstić information content (AvgIpc) is 2.78.